The van der Waals surface area contributed by atoms with Gasteiger partial charge < -0.3 is 19.9 Å². The second-order valence-electron chi connectivity index (χ2n) is 13.3. The molecule has 4 fully saturated rings. The lowest BCUT2D eigenvalue weighted by Crippen LogP contribution is -2.65. The molecule has 8 nitrogen and oxygen atoms in total. The summed E-state index contributed by atoms with van der Waals surface area (Å²) in [7, 11) is -1.24. The van der Waals surface area contributed by atoms with Crippen LogP contribution in [-0.4, -0.2) is 95.5 Å². The van der Waals surface area contributed by atoms with Crippen LogP contribution < -0.4 is 10.2 Å². The Bertz CT molecular complexity index is 1380. The van der Waals surface area contributed by atoms with Gasteiger partial charge in [-0.2, -0.15) is 0 Å². The van der Waals surface area contributed by atoms with Gasteiger partial charge in [-0.1, -0.05) is 18.6 Å². The fraction of sp³-hybridized carbons (Fsp3) is 0.606. The second kappa shape index (κ2) is 12.9. The summed E-state index contributed by atoms with van der Waals surface area (Å²) in [5.41, 5.74) is 0.164. The van der Waals surface area contributed by atoms with Crippen molar-refractivity contribution in [2.24, 2.45) is 11.8 Å². The first-order valence-corrected chi connectivity index (χ1v) is 17.1. The zero-order valence-corrected chi connectivity index (χ0v) is 26.3. The number of nitrogens with zero attached hydrogens (tertiary/aromatic N) is 3. The number of hydrogen-bond acceptors (Lipinski definition) is 7. The third kappa shape index (κ3) is 6.33. The summed E-state index contributed by atoms with van der Waals surface area (Å²) in [4.78, 5) is 19.3. The predicted molar refractivity (Wildman–Crippen MR) is 166 cm³/mol. The average molecular weight is 631 g/mol. The summed E-state index contributed by atoms with van der Waals surface area (Å²) >= 11 is 0. The topological polar surface area (TPSA) is 82.2 Å². The van der Waals surface area contributed by atoms with Gasteiger partial charge in [0.1, 0.15) is 5.82 Å². The van der Waals surface area contributed by atoms with E-state index in [1.807, 2.05) is 11.0 Å². The van der Waals surface area contributed by atoms with Crippen molar-refractivity contribution in [3.63, 3.8) is 0 Å². The lowest BCUT2D eigenvalue weighted by molar-refractivity contribution is 0.00584. The SMILES string of the molecule is COC(=O)N[C@H]1CCC[C@@H]1[C@](CN1CCC1)(c1cccc(F)c1)C1CCN(CC2(F)CN(c3ccc([SH](=O)=O)cc3)C2)CC1. The van der Waals surface area contributed by atoms with Gasteiger partial charge in [-0.3, -0.25) is 4.90 Å². The molecule has 3 aliphatic heterocycles. The maximum absolute atomic E-state index is 15.9. The number of halogens is 2. The van der Waals surface area contributed by atoms with Crippen molar-refractivity contribution < 1.29 is 26.7 Å². The van der Waals surface area contributed by atoms with Crippen LogP contribution in [0.2, 0.25) is 0 Å². The number of alkyl halides is 1. The molecule has 4 aliphatic rings. The summed E-state index contributed by atoms with van der Waals surface area (Å²) in [5, 5.41) is 3.13. The molecular formula is C33H44F2N4O4S. The van der Waals surface area contributed by atoms with E-state index in [2.05, 4.69) is 21.2 Å². The van der Waals surface area contributed by atoms with E-state index >= 15 is 4.39 Å². The molecule has 1 aliphatic carbocycles. The summed E-state index contributed by atoms with van der Waals surface area (Å²) in [6.07, 6.45) is 5.30. The van der Waals surface area contributed by atoms with Crippen molar-refractivity contribution in [1.29, 1.82) is 0 Å². The molecule has 11 heteroatoms. The van der Waals surface area contributed by atoms with Gasteiger partial charge >= 0.3 is 6.09 Å². The Kier molecular flexibility index (Phi) is 9.17. The Labute approximate surface area is 260 Å². The Morgan fingerprint density at radius 1 is 1.00 bits per heavy atom. The molecule has 0 bridgehead atoms. The number of hydrogen-bond donors (Lipinski definition) is 2. The summed E-state index contributed by atoms with van der Waals surface area (Å²) in [6, 6.07) is 13.6. The van der Waals surface area contributed by atoms with Crippen LogP contribution in [0.5, 0.6) is 0 Å². The molecule has 0 spiro atoms. The maximum Gasteiger partial charge on any atom is 0.407 e. The van der Waals surface area contributed by atoms with Crippen LogP contribution in [0.4, 0.5) is 19.3 Å². The molecule has 0 aromatic heterocycles. The first-order chi connectivity index (χ1) is 21.2. The standard InChI is InChI=1S/C33H44F2N4O4S/c1-43-31(40)36-30-8-3-7-29(30)33(23-37-15-4-16-37,25-5-2-6-26(34)19-25)24-13-17-38(18-14-24)20-32(35)21-39(22-32)27-9-11-28(12-10-27)44(41)42/h2,5-6,9-12,19,24,29-30,44H,3-4,7-8,13-18,20-23H2,1H3,(H,36,40)/t29-,30-,33-/m0/s1. The second-order valence-corrected chi connectivity index (χ2v) is 14.3. The molecule has 1 saturated carbocycles. The highest BCUT2D eigenvalue weighted by Gasteiger charge is 2.53. The van der Waals surface area contributed by atoms with Crippen molar-refractivity contribution in [2.75, 3.05) is 64.4 Å². The monoisotopic (exact) mass is 630 g/mol. The number of ether oxygens (including phenoxy) is 1. The largest absolute Gasteiger partial charge is 0.453 e. The number of piperidine rings is 1. The van der Waals surface area contributed by atoms with E-state index in [0.717, 1.165) is 82.5 Å². The normalized spacial score (nSPS) is 25.7. The minimum Gasteiger partial charge on any atom is -0.453 e. The Balaban J connectivity index is 1.18. The van der Waals surface area contributed by atoms with Gasteiger partial charge in [-0.05, 0) is 112 Å². The lowest BCUT2D eigenvalue weighted by Gasteiger charge is -2.54. The van der Waals surface area contributed by atoms with Crippen LogP contribution in [0.1, 0.15) is 44.1 Å². The van der Waals surface area contributed by atoms with Crippen LogP contribution in [0, 0.1) is 17.7 Å². The number of nitrogens with one attached hydrogen (secondary N) is 1. The van der Waals surface area contributed by atoms with E-state index < -0.39 is 22.5 Å². The Hall–Kier alpha value is -2.76. The van der Waals surface area contributed by atoms with Crippen LogP contribution in [0.25, 0.3) is 0 Å². The van der Waals surface area contributed by atoms with E-state index in [1.54, 1.807) is 30.3 Å². The molecule has 6 rings (SSSR count). The van der Waals surface area contributed by atoms with Gasteiger partial charge in [0.15, 0.2) is 16.4 Å². The van der Waals surface area contributed by atoms with Crippen molar-refractivity contribution in [2.45, 2.75) is 60.5 Å². The molecule has 240 valence electrons. The fourth-order valence-corrected chi connectivity index (χ4v) is 8.84. The molecule has 2 aromatic carbocycles. The molecule has 3 atom stereocenters. The number of alkyl carbamates (subject to hydrolysis) is 1. The summed E-state index contributed by atoms with van der Waals surface area (Å²) in [6.45, 7) is 5.32. The zero-order chi connectivity index (χ0) is 30.9. The number of rotatable bonds is 10. The quantitative estimate of drug-likeness (QED) is 0.381. The van der Waals surface area contributed by atoms with E-state index in [1.165, 1.54) is 13.2 Å². The van der Waals surface area contributed by atoms with Crippen molar-refractivity contribution in [3.05, 3.63) is 59.9 Å². The minimum atomic E-state index is -2.63. The van der Waals surface area contributed by atoms with Gasteiger partial charge in [0.2, 0.25) is 0 Å². The predicted octanol–water partition coefficient (Wildman–Crippen LogP) is 4.20. The Morgan fingerprint density at radius 3 is 2.34 bits per heavy atom. The molecular weight excluding hydrogens is 586 g/mol. The number of thiol groups is 1. The molecule has 2 aromatic rings. The number of carbonyl (C=O) groups excluding carboxylic acids is 1. The number of carbonyl (C=O) groups is 1. The molecule has 3 heterocycles. The van der Waals surface area contributed by atoms with E-state index in [4.69, 9.17) is 4.74 Å². The molecule has 44 heavy (non-hydrogen) atoms. The van der Waals surface area contributed by atoms with Crippen LogP contribution in [0.3, 0.4) is 0 Å². The van der Waals surface area contributed by atoms with E-state index in [9.17, 15) is 17.6 Å². The number of amides is 1. The van der Waals surface area contributed by atoms with Crippen LogP contribution in [0.15, 0.2) is 53.4 Å². The zero-order valence-electron chi connectivity index (χ0n) is 25.4. The number of likely N-dealkylation sites (tertiary alicyclic amines) is 2. The highest BCUT2D eigenvalue weighted by molar-refractivity contribution is 7.72. The van der Waals surface area contributed by atoms with Crippen molar-refractivity contribution in [3.8, 4) is 0 Å². The van der Waals surface area contributed by atoms with Crippen LogP contribution >= 0.6 is 0 Å². The summed E-state index contributed by atoms with van der Waals surface area (Å²) < 4.78 is 58.1. The fourth-order valence-electron chi connectivity index (χ4n) is 8.45. The van der Waals surface area contributed by atoms with E-state index in [-0.39, 0.29) is 47.1 Å². The molecule has 1 amide bonds. The van der Waals surface area contributed by atoms with Crippen molar-refractivity contribution >= 4 is 22.5 Å². The first kappa shape index (κ1) is 31.2. The highest BCUT2D eigenvalue weighted by Crippen LogP contribution is 2.51. The van der Waals surface area contributed by atoms with E-state index in [0.29, 0.717) is 6.54 Å². The third-order valence-corrected chi connectivity index (χ3v) is 11.4. The molecule has 0 unspecified atom stereocenters. The molecule has 3 saturated heterocycles. The van der Waals surface area contributed by atoms with Crippen LogP contribution in [-0.2, 0) is 20.9 Å². The number of anilines is 1. The van der Waals surface area contributed by atoms with Gasteiger partial charge in [0, 0.05) is 30.2 Å². The van der Waals surface area contributed by atoms with Gasteiger partial charge in [0.05, 0.1) is 25.1 Å². The number of benzene rings is 2. The highest BCUT2D eigenvalue weighted by atomic mass is 32.2. The molecule has 0 radical (unpaired) electrons. The average Bonchev–Trinajstić information content (AvgIpc) is 3.44. The lowest BCUT2D eigenvalue weighted by atomic mass is 9.57. The molecule has 1 N–H and O–H groups in total. The van der Waals surface area contributed by atoms with Crippen molar-refractivity contribution in [1.82, 2.24) is 15.1 Å². The first-order valence-electron chi connectivity index (χ1n) is 15.9. The van der Waals surface area contributed by atoms with Gasteiger partial charge in [0.25, 0.3) is 0 Å². The Morgan fingerprint density at radius 2 is 1.73 bits per heavy atom. The smallest absolute Gasteiger partial charge is 0.407 e. The summed E-state index contributed by atoms with van der Waals surface area (Å²) in [5.74, 6) is 0.152. The maximum atomic E-state index is 15.9. The van der Waals surface area contributed by atoms with Gasteiger partial charge in [-0.25, -0.2) is 22.0 Å². The third-order valence-electron chi connectivity index (χ3n) is 10.7. The van der Waals surface area contributed by atoms with Gasteiger partial charge in [-0.15, -0.1) is 0 Å². The number of methoxy groups -OCH3 is 1. The minimum absolute atomic E-state index is 0.0524.